The van der Waals surface area contributed by atoms with Crippen LogP contribution in [0.2, 0.25) is 0 Å². The highest BCUT2D eigenvalue weighted by Gasteiger charge is 2.57. The zero-order valence-corrected chi connectivity index (χ0v) is 30.8. The maximum atomic E-state index is 13.3. The van der Waals surface area contributed by atoms with Crippen LogP contribution in [0.5, 0.6) is 0 Å². The summed E-state index contributed by atoms with van der Waals surface area (Å²) in [7, 11) is 1.21. The summed E-state index contributed by atoms with van der Waals surface area (Å²) in [6.45, 7) is 9.35. The average molecular weight is 725 g/mol. The van der Waals surface area contributed by atoms with Crippen molar-refractivity contribution < 1.29 is 62.9 Å². The van der Waals surface area contributed by atoms with Crippen molar-refractivity contribution >= 4 is 17.9 Å². The molecule has 3 aliphatic heterocycles. The van der Waals surface area contributed by atoms with E-state index in [1.807, 2.05) is 0 Å². The van der Waals surface area contributed by atoms with Gasteiger partial charge in [-0.1, -0.05) is 58.6 Å². The molecule has 2 saturated heterocycles. The van der Waals surface area contributed by atoms with Crippen LogP contribution >= 0.6 is 0 Å². The van der Waals surface area contributed by atoms with Crippen LogP contribution in [0.1, 0.15) is 104 Å². The third-order valence-corrected chi connectivity index (χ3v) is 9.55. The zero-order chi connectivity index (χ0) is 37.4. The van der Waals surface area contributed by atoms with Crippen LogP contribution in [0.25, 0.3) is 0 Å². The molecule has 0 aromatic heterocycles. The number of unbranched alkanes of at least 4 members (excludes halogenated alkanes) is 4. The molecule has 3 aliphatic rings. The Morgan fingerprint density at radius 2 is 1.76 bits per heavy atom. The molecule has 2 fully saturated rings. The van der Waals surface area contributed by atoms with Gasteiger partial charge in [-0.05, 0) is 43.8 Å². The van der Waals surface area contributed by atoms with Gasteiger partial charge in [0.2, 0.25) is 5.79 Å². The maximum Gasteiger partial charge on any atom is 0.330 e. The second kappa shape index (κ2) is 21.2. The minimum Gasteiger partial charge on any atom is -0.466 e. The van der Waals surface area contributed by atoms with Gasteiger partial charge in [-0.3, -0.25) is 9.59 Å². The Hall–Kier alpha value is -2.65. The molecule has 3 N–H and O–H groups in total. The molecular weight excluding hydrogens is 664 g/mol. The molecule has 0 aromatic carbocycles. The molecule has 0 aliphatic carbocycles. The maximum absolute atomic E-state index is 13.3. The van der Waals surface area contributed by atoms with E-state index in [0.29, 0.717) is 32.3 Å². The lowest BCUT2D eigenvalue weighted by Gasteiger charge is -2.51. The fraction of sp³-hybridized carbons (Fsp3) is 0.763. The van der Waals surface area contributed by atoms with Gasteiger partial charge in [0.15, 0.2) is 12.4 Å². The molecule has 8 atom stereocenters. The van der Waals surface area contributed by atoms with Gasteiger partial charge in [0.25, 0.3) is 0 Å². The molecule has 0 unspecified atom stereocenters. The van der Waals surface area contributed by atoms with Crippen LogP contribution in [0.3, 0.4) is 0 Å². The molecule has 3 heterocycles. The highest BCUT2D eigenvalue weighted by molar-refractivity contribution is 5.83. The highest BCUT2D eigenvalue weighted by atomic mass is 16.7. The van der Waals surface area contributed by atoms with E-state index >= 15 is 0 Å². The normalized spacial score (nSPS) is 33.7. The second-order valence-electron chi connectivity index (χ2n) is 14.2. The van der Waals surface area contributed by atoms with E-state index in [-0.39, 0.29) is 56.5 Å². The monoisotopic (exact) mass is 724 g/mol. The summed E-state index contributed by atoms with van der Waals surface area (Å²) in [5.74, 6) is -4.29. The van der Waals surface area contributed by atoms with E-state index in [1.165, 1.54) is 13.2 Å². The van der Waals surface area contributed by atoms with Crippen LogP contribution in [0.4, 0.5) is 0 Å². The van der Waals surface area contributed by atoms with Crippen LogP contribution in [0.15, 0.2) is 36.5 Å². The minimum absolute atomic E-state index is 0.0145. The van der Waals surface area contributed by atoms with Crippen molar-refractivity contribution in [3.05, 3.63) is 36.5 Å². The summed E-state index contributed by atoms with van der Waals surface area (Å²) in [5.41, 5.74) is -1.08. The molecule has 4 bridgehead atoms. The SMILES string of the molecule is C=CC[C@H]1C[C@H]2CCOCC[C@@H](O)CC(=O)O[C@@H](CO)C[C@@H]3C/C(=C\C(=O)OC)[C@H](OC(=O)CCCCCCC)[C@@](O)(O3)C(C)(C)/C=C\[C@H](O2)O1. The summed E-state index contributed by atoms with van der Waals surface area (Å²) >= 11 is 0. The van der Waals surface area contributed by atoms with Crippen molar-refractivity contribution in [1.29, 1.82) is 0 Å². The van der Waals surface area contributed by atoms with Gasteiger partial charge in [-0.25, -0.2) is 4.79 Å². The Labute approximate surface area is 302 Å². The Morgan fingerprint density at radius 1 is 1.04 bits per heavy atom. The topological polar surface area (TPSA) is 177 Å². The van der Waals surface area contributed by atoms with Crippen molar-refractivity contribution in [2.24, 2.45) is 5.41 Å². The standard InChI is InChI=1S/C38H60O13/c1-6-8-9-10-11-13-32(41)50-36-26(21-33(42)45-5)20-30-24-31(25-39)47-34(43)22-27(40)15-18-46-19-16-29-23-28(12-7-2)48-35(49-29)14-17-37(3,4)38(36,44)51-30/h7,14,17,21,27-31,35-36,39-40,44H,2,6,8-13,15-16,18-20,22-25H2,1,3-5H3/b17-14-,26-21+/t27-,28+,29-,30+,31-,35+,36+,38-/m1/s1. The smallest absolute Gasteiger partial charge is 0.330 e. The second-order valence-corrected chi connectivity index (χ2v) is 14.2. The fourth-order valence-corrected chi connectivity index (χ4v) is 6.55. The number of rotatable bonds is 11. The molecule has 290 valence electrons. The van der Waals surface area contributed by atoms with E-state index in [4.69, 9.17) is 33.2 Å². The number of esters is 3. The number of carbonyl (C=O) groups is 3. The predicted octanol–water partition coefficient (Wildman–Crippen LogP) is 4.35. The van der Waals surface area contributed by atoms with E-state index in [9.17, 15) is 29.7 Å². The Kier molecular flexibility index (Phi) is 17.7. The molecule has 0 saturated carbocycles. The molecule has 13 nitrogen and oxygen atoms in total. The first-order valence-corrected chi connectivity index (χ1v) is 18.4. The molecular formula is C38H60O13. The number of aliphatic hydroxyl groups excluding tert-OH is 2. The highest BCUT2D eigenvalue weighted by Crippen LogP contribution is 2.47. The first-order valence-electron chi connectivity index (χ1n) is 18.4. The first-order chi connectivity index (χ1) is 24.3. The number of fused-ring (bicyclic) bond motifs is 4. The van der Waals surface area contributed by atoms with Gasteiger partial charge in [0.1, 0.15) is 6.10 Å². The van der Waals surface area contributed by atoms with Crippen molar-refractivity contribution in [2.75, 3.05) is 26.9 Å². The summed E-state index contributed by atoms with van der Waals surface area (Å²) in [5, 5.41) is 33.3. The summed E-state index contributed by atoms with van der Waals surface area (Å²) in [6, 6.07) is 0. The fourth-order valence-electron chi connectivity index (χ4n) is 6.55. The van der Waals surface area contributed by atoms with E-state index in [2.05, 4.69) is 13.5 Å². The molecule has 0 aromatic rings. The molecule has 13 heteroatoms. The van der Waals surface area contributed by atoms with E-state index in [1.54, 1.807) is 32.1 Å². The van der Waals surface area contributed by atoms with Crippen molar-refractivity contribution in [1.82, 2.24) is 0 Å². The zero-order valence-electron chi connectivity index (χ0n) is 30.8. The molecule has 0 spiro atoms. The molecule has 3 rings (SSSR count). The summed E-state index contributed by atoms with van der Waals surface area (Å²) in [4.78, 5) is 38.7. The lowest BCUT2D eigenvalue weighted by Crippen LogP contribution is -2.62. The van der Waals surface area contributed by atoms with Crippen molar-refractivity contribution in [3.8, 4) is 0 Å². The number of cyclic esters (lactones) is 1. The number of carbonyl (C=O) groups excluding carboxylic acids is 3. The van der Waals surface area contributed by atoms with Gasteiger partial charge in [-0.2, -0.15) is 0 Å². The quantitative estimate of drug-likeness (QED) is 0.0902. The average Bonchev–Trinajstić information content (AvgIpc) is 3.08. The number of hydrogen-bond donors (Lipinski definition) is 3. The summed E-state index contributed by atoms with van der Waals surface area (Å²) < 4.78 is 41.0. The van der Waals surface area contributed by atoms with Crippen molar-refractivity contribution in [2.45, 2.75) is 153 Å². The Morgan fingerprint density at radius 3 is 2.47 bits per heavy atom. The van der Waals surface area contributed by atoms with E-state index < -0.39 is 66.4 Å². The van der Waals surface area contributed by atoms with Crippen LogP contribution in [-0.4, -0.2) is 109 Å². The predicted molar refractivity (Wildman–Crippen MR) is 186 cm³/mol. The number of hydrogen-bond acceptors (Lipinski definition) is 13. The lowest BCUT2D eigenvalue weighted by molar-refractivity contribution is -0.327. The van der Waals surface area contributed by atoms with Gasteiger partial charge >= 0.3 is 17.9 Å². The Bertz CT molecular complexity index is 1180. The number of aliphatic hydroxyl groups is 3. The molecule has 0 radical (unpaired) electrons. The van der Waals surface area contributed by atoms with Crippen molar-refractivity contribution in [3.63, 3.8) is 0 Å². The van der Waals surface area contributed by atoms with Crippen LogP contribution < -0.4 is 0 Å². The third-order valence-electron chi connectivity index (χ3n) is 9.55. The van der Waals surface area contributed by atoms with Gasteiger partial charge in [0.05, 0.1) is 44.6 Å². The molecule has 0 amide bonds. The molecule has 51 heavy (non-hydrogen) atoms. The number of ether oxygens (including phenoxy) is 7. The van der Waals surface area contributed by atoms with Gasteiger partial charge in [-0.15, -0.1) is 6.58 Å². The van der Waals surface area contributed by atoms with Crippen LogP contribution in [0, 0.1) is 5.41 Å². The Balaban J connectivity index is 2.04. The van der Waals surface area contributed by atoms with Crippen LogP contribution in [-0.2, 0) is 47.5 Å². The lowest BCUT2D eigenvalue weighted by atomic mass is 9.74. The first kappa shape index (κ1) is 42.8. The van der Waals surface area contributed by atoms with E-state index in [0.717, 1.165) is 25.7 Å². The van der Waals surface area contributed by atoms with Gasteiger partial charge < -0.3 is 48.5 Å². The minimum atomic E-state index is -2.27. The third kappa shape index (κ3) is 13.4. The largest absolute Gasteiger partial charge is 0.466 e. The summed E-state index contributed by atoms with van der Waals surface area (Å²) in [6.07, 6.45) is 6.85. The van der Waals surface area contributed by atoms with Gasteiger partial charge in [0, 0.05) is 44.0 Å². The number of methoxy groups -OCH3 is 1.